The van der Waals surface area contributed by atoms with Crippen LogP contribution in [0, 0.1) is 13.8 Å². The number of carbonyl (C=O) groups excluding carboxylic acids is 1. The molecule has 0 aliphatic carbocycles. The maximum absolute atomic E-state index is 12.9. The van der Waals surface area contributed by atoms with Gasteiger partial charge in [0.1, 0.15) is 5.82 Å². The van der Waals surface area contributed by atoms with Crippen molar-refractivity contribution in [1.82, 2.24) is 24.6 Å². The van der Waals surface area contributed by atoms with Crippen LogP contribution in [0.2, 0.25) is 0 Å². The first-order chi connectivity index (χ1) is 13.1. The molecule has 0 atom stereocenters. The Morgan fingerprint density at radius 1 is 1.21 bits per heavy atom. The van der Waals surface area contributed by atoms with Crippen LogP contribution in [-0.4, -0.2) is 44.6 Å². The van der Waals surface area contributed by atoms with Gasteiger partial charge in [0.15, 0.2) is 0 Å². The number of carbonyl (C=O) groups is 1. The number of hydrogen-bond acceptors (Lipinski definition) is 6. The van der Waals surface area contributed by atoms with Gasteiger partial charge < -0.3 is 10.2 Å². The molecular weight excluding hydrogens is 375 g/mol. The Hall–Kier alpha value is -3.24. The zero-order valence-electron chi connectivity index (χ0n) is 15.7. The minimum absolute atomic E-state index is 0.0722. The SMILES string of the molecule is Cc1nc2nc(C(F)(F)F)nn2c(C)c1CC(=O)Nc1ccc(N(C)C)nc1. The van der Waals surface area contributed by atoms with Gasteiger partial charge in [-0.05, 0) is 26.0 Å². The van der Waals surface area contributed by atoms with Crippen LogP contribution >= 0.6 is 0 Å². The Kier molecular flexibility index (Phi) is 4.92. The first-order valence-corrected chi connectivity index (χ1v) is 8.29. The lowest BCUT2D eigenvalue weighted by atomic mass is 10.1. The standard InChI is InChI=1S/C17H18F3N7O/c1-9-12(7-14(28)23-11-5-6-13(21-8-11)26(3)4)10(2)27-16(22-9)24-15(25-27)17(18,19)20/h5-6,8H,7H2,1-4H3,(H,23,28). The van der Waals surface area contributed by atoms with Crippen LogP contribution in [0.25, 0.3) is 5.78 Å². The molecular formula is C17H18F3N7O. The van der Waals surface area contributed by atoms with Gasteiger partial charge in [-0.1, -0.05) is 0 Å². The normalized spacial score (nSPS) is 11.7. The second-order valence-corrected chi connectivity index (χ2v) is 6.43. The summed E-state index contributed by atoms with van der Waals surface area (Å²) in [7, 11) is 3.70. The zero-order valence-corrected chi connectivity index (χ0v) is 15.7. The molecule has 28 heavy (non-hydrogen) atoms. The molecule has 0 radical (unpaired) electrons. The maximum atomic E-state index is 12.9. The highest BCUT2D eigenvalue weighted by Crippen LogP contribution is 2.27. The number of fused-ring (bicyclic) bond motifs is 1. The molecule has 0 spiro atoms. The van der Waals surface area contributed by atoms with Crippen LogP contribution in [0.1, 0.15) is 22.8 Å². The highest BCUT2D eigenvalue weighted by molar-refractivity contribution is 5.92. The number of nitrogens with zero attached hydrogens (tertiary/aromatic N) is 6. The molecule has 148 valence electrons. The summed E-state index contributed by atoms with van der Waals surface area (Å²) in [5.74, 6) is -1.03. The minimum atomic E-state index is -4.67. The second-order valence-electron chi connectivity index (χ2n) is 6.43. The molecule has 1 N–H and O–H groups in total. The van der Waals surface area contributed by atoms with Crippen molar-refractivity contribution in [3.63, 3.8) is 0 Å². The van der Waals surface area contributed by atoms with E-state index in [4.69, 9.17) is 0 Å². The van der Waals surface area contributed by atoms with Crippen molar-refractivity contribution < 1.29 is 18.0 Å². The van der Waals surface area contributed by atoms with Gasteiger partial charge in [0.05, 0.1) is 18.3 Å². The minimum Gasteiger partial charge on any atom is -0.363 e. The molecule has 3 heterocycles. The Balaban J connectivity index is 1.84. The van der Waals surface area contributed by atoms with E-state index < -0.39 is 12.0 Å². The fourth-order valence-corrected chi connectivity index (χ4v) is 2.67. The number of alkyl halides is 3. The van der Waals surface area contributed by atoms with Crippen LogP contribution in [0.3, 0.4) is 0 Å². The van der Waals surface area contributed by atoms with Gasteiger partial charge in [-0.15, -0.1) is 5.10 Å². The molecule has 0 bridgehead atoms. The predicted octanol–water partition coefficient (Wildman–Crippen LogP) is 2.40. The number of aromatic nitrogens is 5. The third-order valence-corrected chi connectivity index (χ3v) is 4.13. The number of anilines is 2. The van der Waals surface area contributed by atoms with Gasteiger partial charge in [0, 0.05) is 31.0 Å². The summed E-state index contributed by atoms with van der Waals surface area (Å²) in [4.78, 5) is 25.9. The number of amides is 1. The average Bonchev–Trinajstić information content (AvgIpc) is 3.03. The molecule has 8 nitrogen and oxygen atoms in total. The predicted molar refractivity (Wildman–Crippen MR) is 96.2 cm³/mol. The molecule has 0 unspecified atom stereocenters. The highest BCUT2D eigenvalue weighted by atomic mass is 19.4. The van der Waals surface area contributed by atoms with Crippen molar-refractivity contribution in [2.75, 3.05) is 24.3 Å². The number of hydrogen-bond donors (Lipinski definition) is 1. The first-order valence-electron chi connectivity index (χ1n) is 8.29. The molecule has 3 aromatic rings. The first kappa shape index (κ1) is 19.5. The lowest BCUT2D eigenvalue weighted by Gasteiger charge is -2.13. The third-order valence-electron chi connectivity index (χ3n) is 4.13. The van der Waals surface area contributed by atoms with E-state index in [2.05, 4.69) is 25.4 Å². The number of rotatable bonds is 4. The summed E-state index contributed by atoms with van der Waals surface area (Å²) in [5.41, 5.74) is 1.80. The smallest absolute Gasteiger partial charge is 0.363 e. The van der Waals surface area contributed by atoms with Gasteiger partial charge >= 0.3 is 6.18 Å². The number of pyridine rings is 1. The molecule has 0 fully saturated rings. The Morgan fingerprint density at radius 2 is 1.93 bits per heavy atom. The topological polar surface area (TPSA) is 88.3 Å². The van der Waals surface area contributed by atoms with Crippen LogP contribution < -0.4 is 10.2 Å². The van der Waals surface area contributed by atoms with Gasteiger partial charge in [0.2, 0.25) is 5.91 Å². The van der Waals surface area contributed by atoms with Crippen LogP contribution in [-0.2, 0) is 17.4 Å². The quantitative estimate of drug-likeness (QED) is 0.732. The molecule has 0 aromatic carbocycles. The van der Waals surface area contributed by atoms with Crippen molar-refractivity contribution in [2.45, 2.75) is 26.4 Å². The monoisotopic (exact) mass is 393 g/mol. The Bertz CT molecular complexity index is 1030. The van der Waals surface area contributed by atoms with Gasteiger partial charge in [-0.3, -0.25) is 4.79 Å². The fourth-order valence-electron chi connectivity index (χ4n) is 2.67. The molecule has 0 aliphatic rings. The van der Waals surface area contributed by atoms with E-state index in [1.807, 2.05) is 19.0 Å². The van der Waals surface area contributed by atoms with Crippen molar-refractivity contribution in [1.29, 1.82) is 0 Å². The molecule has 0 saturated heterocycles. The summed E-state index contributed by atoms with van der Waals surface area (Å²) in [5, 5.41) is 6.19. The van der Waals surface area contributed by atoms with E-state index >= 15 is 0 Å². The number of nitrogens with one attached hydrogen (secondary N) is 1. The van der Waals surface area contributed by atoms with Gasteiger partial charge in [0.25, 0.3) is 11.6 Å². The van der Waals surface area contributed by atoms with E-state index in [-0.39, 0.29) is 18.1 Å². The van der Waals surface area contributed by atoms with Crippen molar-refractivity contribution in [3.05, 3.63) is 41.1 Å². The molecule has 3 rings (SSSR count). The fraction of sp³-hybridized carbons (Fsp3) is 0.353. The van der Waals surface area contributed by atoms with E-state index in [0.717, 1.165) is 10.3 Å². The highest BCUT2D eigenvalue weighted by Gasteiger charge is 2.37. The maximum Gasteiger partial charge on any atom is 0.453 e. The van der Waals surface area contributed by atoms with Crippen LogP contribution in [0.4, 0.5) is 24.7 Å². The summed E-state index contributed by atoms with van der Waals surface area (Å²) < 4.78 is 39.6. The van der Waals surface area contributed by atoms with E-state index in [1.54, 1.807) is 26.0 Å². The Morgan fingerprint density at radius 3 is 2.50 bits per heavy atom. The van der Waals surface area contributed by atoms with Gasteiger partial charge in [-0.25, -0.2) is 14.5 Å². The summed E-state index contributed by atoms with van der Waals surface area (Å²) in [6.07, 6.45) is -3.21. The summed E-state index contributed by atoms with van der Waals surface area (Å²) >= 11 is 0. The van der Waals surface area contributed by atoms with E-state index in [1.165, 1.54) is 6.20 Å². The number of halogens is 3. The molecule has 0 saturated carbocycles. The summed E-state index contributed by atoms with van der Waals surface area (Å²) in [6, 6.07) is 3.47. The molecule has 11 heteroatoms. The lowest BCUT2D eigenvalue weighted by Crippen LogP contribution is -2.18. The van der Waals surface area contributed by atoms with E-state index in [9.17, 15) is 18.0 Å². The van der Waals surface area contributed by atoms with Crippen molar-refractivity contribution in [2.24, 2.45) is 0 Å². The van der Waals surface area contributed by atoms with Crippen molar-refractivity contribution in [3.8, 4) is 0 Å². The zero-order chi connectivity index (χ0) is 20.6. The second kappa shape index (κ2) is 7.06. The Labute approximate surface area is 158 Å². The third kappa shape index (κ3) is 3.87. The molecule has 0 aliphatic heterocycles. The summed E-state index contributed by atoms with van der Waals surface area (Å²) in [6.45, 7) is 3.19. The van der Waals surface area contributed by atoms with Crippen molar-refractivity contribution >= 4 is 23.2 Å². The van der Waals surface area contributed by atoms with E-state index in [0.29, 0.717) is 22.6 Å². The molecule has 1 amide bonds. The van der Waals surface area contributed by atoms with Crippen LogP contribution in [0.5, 0.6) is 0 Å². The molecule has 3 aromatic heterocycles. The van der Waals surface area contributed by atoms with Crippen LogP contribution in [0.15, 0.2) is 18.3 Å². The number of aryl methyl sites for hydroxylation is 2. The lowest BCUT2D eigenvalue weighted by molar-refractivity contribution is -0.144. The van der Waals surface area contributed by atoms with Gasteiger partial charge in [-0.2, -0.15) is 18.2 Å². The largest absolute Gasteiger partial charge is 0.453 e. The average molecular weight is 393 g/mol.